The molecule has 1 atom stereocenters. The molecule has 2 aliphatic carbocycles. The highest BCUT2D eigenvalue weighted by Gasteiger charge is 2.57. The van der Waals surface area contributed by atoms with E-state index in [1.807, 2.05) is 6.92 Å². The van der Waals surface area contributed by atoms with E-state index in [9.17, 15) is 9.90 Å². The molecule has 1 unspecified atom stereocenters. The molecule has 3 heteroatoms. The van der Waals surface area contributed by atoms with Crippen LogP contribution in [0.4, 0.5) is 0 Å². The third-order valence-corrected chi connectivity index (χ3v) is 4.08. The fraction of sp³-hybridized carbons (Fsp3) is 0.909. The largest absolute Gasteiger partial charge is 0.480 e. The second kappa shape index (κ2) is 2.96. The number of carboxylic acid groups (broad SMARTS) is 1. The number of aliphatic carboxylic acids is 1. The molecular weight excluding hydrogens is 178 g/mol. The lowest BCUT2D eigenvalue weighted by Gasteiger charge is -2.33. The predicted octanol–water partition coefficient (Wildman–Crippen LogP) is 1.63. The molecule has 2 saturated carbocycles. The summed E-state index contributed by atoms with van der Waals surface area (Å²) in [7, 11) is 0. The molecule has 3 nitrogen and oxygen atoms in total. The Morgan fingerprint density at radius 2 is 2.14 bits per heavy atom. The minimum Gasteiger partial charge on any atom is -0.480 e. The van der Waals surface area contributed by atoms with Gasteiger partial charge in [0.2, 0.25) is 0 Å². The second-order valence-electron chi connectivity index (χ2n) is 5.32. The van der Waals surface area contributed by atoms with Gasteiger partial charge in [-0.15, -0.1) is 0 Å². The topological polar surface area (TPSA) is 49.3 Å². The van der Waals surface area contributed by atoms with Crippen molar-refractivity contribution in [3.63, 3.8) is 0 Å². The summed E-state index contributed by atoms with van der Waals surface area (Å²) in [5.74, 6) is 0.0363. The molecule has 0 heterocycles. The van der Waals surface area contributed by atoms with Crippen molar-refractivity contribution in [2.45, 2.75) is 45.1 Å². The maximum absolute atomic E-state index is 11.3. The van der Waals surface area contributed by atoms with Gasteiger partial charge in [-0.1, -0.05) is 6.92 Å². The van der Waals surface area contributed by atoms with Gasteiger partial charge in [-0.2, -0.15) is 0 Å². The minimum atomic E-state index is -0.713. The van der Waals surface area contributed by atoms with Gasteiger partial charge in [0, 0.05) is 0 Å². The van der Waals surface area contributed by atoms with Crippen LogP contribution in [-0.2, 0) is 4.79 Å². The molecule has 0 spiro atoms. The molecule has 14 heavy (non-hydrogen) atoms. The molecule has 2 fully saturated rings. The highest BCUT2D eigenvalue weighted by atomic mass is 16.4. The lowest BCUT2D eigenvalue weighted by Crippen LogP contribution is -2.56. The van der Waals surface area contributed by atoms with Crippen LogP contribution in [0.3, 0.4) is 0 Å². The summed E-state index contributed by atoms with van der Waals surface area (Å²) < 4.78 is 0. The summed E-state index contributed by atoms with van der Waals surface area (Å²) in [5, 5.41) is 12.5. The smallest absolute Gasteiger partial charge is 0.324 e. The van der Waals surface area contributed by atoms with Crippen LogP contribution < -0.4 is 5.32 Å². The Balaban J connectivity index is 2.00. The van der Waals surface area contributed by atoms with Crippen LogP contribution in [0.5, 0.6) is 0 Å². The van der Waals surface area contributed by atoms with E-state index in [0.717, 1.165) is 25.3 Å². The van der Waals surface area contributed by atoms with E-state index >= 15 is 0 Å². The highest BCUT2D eigenvalue weighted by molar-refractivity contribution is 5.80. The van der Waals surface area contributed by atoms with E-state index in [-0.39, 0.29) is 5.41 Å². The zero-order valence-corrected chi connectivity index (χ0v) is 8.97. The summed E-state index contributed by atoms with van der Waals surface area (Å²) in [6, 6.07) is 0. The van der Waals surface area contributed by atoms with Crippen LogP contribution in [0.25, 0.3) is 0 Å². The van der Waals surface area contributed by atoms with Gasteiger partial charge in [-0.25, -0.2) is 0 Å². The van der Waals surface area contributed by atoms with Crippen LogP contribution in [-0.4, -0.2) is 23.2 Å². The fourth-order valence-electron chi connectivity index (χ4n) is 1.91. The van der Waals surface area contributed by atoms with E-state index in [4.69, 9.17) is 0 Å². The van der Waals surface area contributed by atoms with Crippen LogP contribution in [0.1, 0.15) is 39.5 Å². The molecule has 0 aliphatic heterocycles. The zero-order chi connectivity index (χ0) is 10.4. The van der Waals surface area contributed by atoms with Gasteiger partial charge in [0.25, 0.3) is 0 Å². The van der Waals surface area contributed by atoms with Gasteiger partial charge in [0.15, 0.2) is 0 Å². The quantitative estimate of drug-likeness (QED) is 0.704. The van der Waals surface area contributed by atoms with Crippen molar-refractivity contribution < 1.29 is 9.90 Å². The molecule has 0 amide bonds. The molecule has 0 aromatic rings. The maximum atomic E-state index is 11.3. The molecule has 80 valence electrons. The number of carbonyl (C=O) groups is 1. The lowest BCUT2D eigenvalue weighted by atomic mass is 9.83. The average Bonchev–Trinajstić information content (AvgIpc) is 2.96. The Morgan fingerprint density at radius 1 is 1.57 bits per heavy atom. The molecule has 2 N–H and O–H groups in total. The maximum Gasteiger partial charge on any atom is 0.324 e. The van der Waals surface area contributed by atoms with Crippen LogP contribution >= 0.6 is 0 Å². The van der Waals surface area contributed by atoms with E-state index < -0.39 is 11.5 Å². The van der Waals surface area contributed by atoms with Gasteiger partial charge in [0.05, 0.1) is 0 Å². The summed E-state index contributed by atoms with van der Waals surface area (Å²) in [5.41, 5.74) is -0.733. The van der Waals surface area contributed by atoms with Crippen molar-refractivity contribution in [2.24, 2.45) is 11.3 Å². The van der Waals surface area contributed by atoms with Crippen molar-refractivity contribution in [1.29, 1.82) is 0 Å². The van der Waals surface area contributed by atoms with Crippen LogP contribution in [0.2, 0.25) is 0 Å². The molecular formula is C11H19NO2. The zero-order valence-electron chi connectivity index (χ0n) is 8.97. The van der Waals surface area contributed by atoms with E-state index in [1.165, 1.54) is 12.8 Å². The van der Waals surface area contributed by atoms with Crippen LogP contribution in [0.15, 0.2) is 0 Å². The molecule has 0 bridgehead atoms. The van der Waals surface area contributed by atoms with Crippen molar-refractivity contribution in [3.05, 3.63) is 0 Å². The third-order valence-electron chi connectivity index (χ3n) is 4.08. The first kappa shape index (κ1) is 9.97. The van der Waals surface area contributed by atoms with Gasteiger partial charge in [0.1, 0.15) is 5.54 Å². The normalized spacial score (nSPS) is 28.1. The predicted molar refractivity (Wildman–Crippen MR) is 54.1 cm³/mol. The molecule has 2 rings (SSSR count). The van der Waals surface area contributed by atoms with Crippen molar-refractivity contribution >= 4 is 5.97 Å². The Kier molecular flexibility index (Phi) is 2.11. The van der Waals surface area contributed by atoms with Crippen molar-refractivity contribution in [2.75, 3.05) is 6.54 Å². The number of hydrogen-bond acceptors (Lipinski definition) is 2. The number of hydrogen-bond donors (Lipinski definition) is 2. The summed E-state index contributed by atoms with van der Waals surface area (Å²) in [4.78, 5) is 11.3. The summed E-state index contributed by atoms with van der Waals surface area (Å²) in [6.07, 6.45) is 4.60. The monoisotopic (exact) mass is 197 g/mol. The second-order valence-corrected chi connectivity index (χ2v) is 5.32. The first-order valence-corrected chi connectivity index (χ1v) is 5.46. The Labute approximate surface area is 84.9 Å². The van der Waals surface area contributed by atoms with Crippen molar-refractivity contribution in [1.82, 2.24) is 5.32 Å². The van der Waals surface area contributed by atoms with Gasteiger partial charge in [-0.3, -0.25) is 4.79 Å². The number of nitrogens with one attached hydrogen (secondary N) is 1. The van der Waals surface area contributed by atoms with Gasteiger partial charge >= 0.3 is 5.97 Å². The Morgan fingerprint density at radius 3 is 2.50 bits per heavy atom. The lowest BCUT2D eigenvalue weighted by molar-refractivity contribution is -0.147. The number of rotatable bonds is 5. The molecule has 0 radical (unpaired) electrons. The molecule has 0 saturated heterocycles. The molecule has 0 aromatic heterocycles. The van der Waals surface area contributed by atoms with Crippen molar-refractivity contribution in [3.8, 4) is 0 Å². The van der Waals surface area contributed by atoms with E-state index in [1.54, 1.807) is 0 Å². The van der Waals surface area contributed by atoms with Gasteiger partial charge in [-0.05, 0) is 50.5 Å². The molecule has 2 aliphatic rings. The minimum absolute atomic E-state index is 0.0201. The average molecular weight is 197 g/mol. The first-order chi connectivity index (χ1) is 6.48. The summed E-state index contributed by atoms with van der Waals surface area (Å²) in [6.45, 7) is 4.78. The van der Waals surface area contributed by atoms with E-state index in [2.05, 4.69) is 12.2 Å². The Bertz CT molecular complexity index is 256. The first-order valence-electron chi connectivity index (χ1n) is 5.46. The number of carboxylic acids is 1. The molecule has 0 aromatic carbocycles. The van der Waals surface area contributed by atoms with E-state index in [0.29, 0.717) is 0 Å². The Hall–Kier alpha value is -0.570. The third kappa shape index (κ3) is 1.54. The van der Waals surface area contributed by atoms with Gasteiger partial charge < -0.3 is 10.4 Å². The highest BCUT2D eigenvalue weighted by Crippen LogP contribution is 2.53. The summed E-state index contributed by atoms with van der Waals surface area (Å²) >= 11 is 0. The van der Waals surface area contributed by atoms with Crippen LogP contribution in [0, 0.1) is 11.3 Å². The SMILES string of the molecule is CC1(C(C)(NCC2CC2)C(=O)O)CC1. The standard InChI is InChI=1S/C11H19NO2/c1-10(5-6-10)11(2,9(13)14)12-7-8-3-4-8/h8,12H,3-7H2,1-2H3,(H,13,14). The fourth-order valence-corrected chi connectivity index (χ4v) is 1.91.